The van der Waals surface area contributed by atoms with Gasteiger partial charge in [-0.25, -0.2) is 4.79 Å². The Kier molecular flexibility index (Phi) is 5.61. The second kappa shape index (κ2) is 6.98. The normalized spacial score (nSPS) is 11.0. The minimum atomic E-state index is -0.475. The van der Waals surface area contributed by atoms with E-state index in [0.717, 1.165) is 12.1 Å². The van der Waals surface area contributed by atoms with Gasteiger partial charge in [-0.1, -0.05) is 0 Å². The fraction of sp³-hybridized carbons (Fsp3) is 0.571. The molecule has 1 heterocycles. The number of amides is 1. The van der Waals surface area contributed by atoms with E-state index in [9.17, 15) is 9.59 Å². The summed E-state index contributed by atoms with van der Waals surface area (Å²) < 4.78 is 6.64. The number of pyridine rings is 1. The van der Waals surface area contributed by atoms with E-state index in [0.29, 0.717) is 13.1 Å². The van der Waals surface area contributed by atoms with E-state index in [-0.39, 0.29) is 5.56 Å². The predicted octanol–water partition coefficient (Wildman–Crippen LogP) is 1.71. The number of carbonyl (C=O) groups is 1. The number of rotatable bonds is 5. The Labute approximate surface area is 119 Å². The van der Waals surface area contributed by atoms with Gasteiger partial charge < -0.3 is 19.9 Å². The van der Waals surface area contributed by atoms with Gasteiger partial charge in [-0.2, -0.15) is 0 Å². The van der Waals surface area contributed by atoms with Crippen LogP contribution in [-0.4, -0.2) is 29.4 Å². The first kappa shape index (κ1) is 16.1. The van der Waals surface area contributed by atoms with E-state index < -0.39 is 11.7 Å². The minimum absolute atomic E-state index is 0.0397. The summed E-state index contributed by atoms with van der Waals surface area (Å²) in [6.45, 7) is 6.72. The van der Waals surface area contributed by atoms with Crippen molar-refractivity contribution in [3.63, 3.8) is 0 Å². The lowest BCUT2D eigenvalue weighted by Crippen LogP contribution is -2.33. The number of hydrogen-bond donors (Lipinski definition) is 2. The zero-order chi connectivity index (χ0) is 15.2. The number of nitrogens with one attached hydrogen (secondary N) is 2. The Hall–Kier alpha value is -1.98. The topological polar surface area (TPSA) is 72.4 Å². The molecule has 0 aliphatic heterocycles. The molecule has 0 atom stereocenters. The molecule has 2 N–H and O–H groups in total. The minimum Gasteiger partial charge on any atom is -0.444 e. The number of carbonyl (C=O) groups excluding carboxylic acids is 1. The molecule has 0 saturated heterocycles. The molecule has 0 bridgehead atoms. The van der Waals surface area contributed by atoms with Crippen LogP contribution in [0.1, 0.15) is 27.2 Å². The van der Waals surface area contributed by atoms with Gasteiger partial charge in [0.15, 0.2) is 0 Å². The Bertz CT molecular complexity index is 503. The molecule has 0 radical (unpaired) electrons. The molecule has 0 fully saturated rings. The van der Waals surface area contributed by atoms with Crippen LogP contribution in [0, 0.1) is 0 Å². The van der Waals surface area contributed by atoms with Crippen LogP contribution in [0.3, 0.4) is 0 Å². The number of ether oxygens (including phenoxy) is 1. The molecule has 0 aliphatic rings. The van der Waals surface area contributed by atoms with Crippen molar-refractivity contribution in [2.24, 2.45) is 7.05 Å². The summed E-state index contributed by atoms with van der Waals surface area (Å²) in [5, 5.41) is 5.87. The molecule has 0 unspecified atom stereocenters. The van der Waals surface area contributed by atoms with Gasteiger partial charge in [0, 0.05) is 32.4 Å². The number of alkyl carbamates (subject to hydrolysis) is 1. The summed E-state index contributed by atoms with van der Waals surface area (Å²) >= 11 is 0. The van der Waals surface area contributed by atoms with Crippen molar-refractivity contribution >= 4 is 11.8 Å². The van der Waals surface area contributed by atoms with Gasteiger partial charge in [0.1, 0.15) is 5.60 Å². The Balaban J connectivity index is 2.20. The third-order valence-electron chi connectivity index (χ3n) is 2.44. The van der Waals surface area contributed by atoms with Crippen LogP contribution in [0.5, 0.6) is 0 Å². The lowest BCUT2D eigenvalue weighted by Gasteiger charge is -2.19. The Morgan fingerprint density at radius 2 is 2.00 bits per heavy atom. The summed E-state index contributed by atoms with van der Waals surface area (Å²) in [5.74, 6) is 0. The van der Waals surface area contributed by atoms with Crippen LogP contribution in [0.15, 0.2) is 23.1 Å². The lowest BCUT2D eigenvalue weighted by molar-refractivity contribution is 0.0528. The molecular weight excluding hydrogens is 258 g/mol. The average Bonchev–Trinajstić information content (AvgIpc) is 2.31. The third-order valence-corrected chi connectivity index (χ3v) is 2.44. The standard InChI is InChI=1S/C14H23N3O3/c1-14(2,3)20-13(19)16-9-5-8-15-11-6-7-12(18)17(4)10-11/h6-7,10,15H,5,8-9H2,1-4H3,(H,16,19). The highest BCUT2D eigenvalue weighted by molar-refractivity contribution is 5.67. The van der Waals surface area contributed by atoms with E-state index in [1.165, 1.54) is 10.6 Å². The van der Waals surface area contributed by atoms with E-state index in [4.69, 9.17) is 4.74 Å². The molecule has 1 amide bonds. The highest BCUT2D eigenvalue weighted by Crippen LogP contribution is 2.06. The highest BCUT2D eigenvalue weighted by atomic mass is 16.6. The number of anilines is 1. The van der Waals surface area contributed by atoms with Gasteiger partial charge >= 0.3 is 6.09 Å². The van der Waals surface area contributed by atoms with Crippen molar-refractivity contribution in [1.29, 1.82) is 0 Å². The number of aryl methyl sites for hydroxylation is 1. The van der Waals surface area contributed by atoms with E-state index in [1.54, 1.807) is 19.3 Å². The quantitative estimate of drug-likeness (QED) is 0.806. The van der Waals surface area contributed by atoms with Gasteiger partial charge in [-0.05, 0) is 33.3 Å². The van der Waals surface area contributed by atoms with Crippen LogP contribution in [0.4, 0.5) is 10.5 Å². The summed E-state index contributed by atoms with van der Waals surface area (Å²) in [6.07, 6.45) is 2.10. The van der Waals surface area contributed by atoms with Crippen LogP contribution in [-0.2, 0) is 11.8 Å². The Morgan fingerprint density at radius 1 is 1.30 bits per heavy atom. The molecule has 0 aliphatic carbocycles. The van der Waals surface area contributed by atoms with E-state index >= 15 is 0 Å². The second-order valence-corrected chi connectivity index (χ2v) is 5.58. The molecule has 6 nitrogen and oxygen atoms in total. The van der Waals surface area contributed by atoms with E-state index in [2.05, 4.69) is 10.6 Å². The molecular formula is C14H23N3O3. The van der Waals surface area contributed by atoms with Crippen molar-refractivity contribution in [1.82, 2.24) is 9.88 Å². The second-order valence-electron chi connectivity index (χ2n) is 5.58. The highest BCUT2D eigenvalue weighted by Gasteiger charge is 2.15. The summed E-state index contributed by atoms with van der Waals surface area (Å²) in [5.41, 5.74) is 0.364. The zero-order valence-electron chi connectivity index (χ0n) is 12.5. The molecule has 1 aromatic heterocycles. The first-order valence-corrected chi connectivity index (χ1v) is 6.65. The van der Waals surface area contributed by atoms with Crippen molar-refractivity contribution in [3.05, 3.63) is 28.7 Å². The van der Waals surface area contributed by atoms with Gasteiger partial charge in [0.05, 0.1) is 5.69 Å². The zero-order valence-corrected chi connectivity index (χ0v) is 12.5. The van der Waals surface area contributed by atoms with Gasteiger partial charge in [-0.3, -0.25) is 4.79 Å². The maximum Gasteiger partial charge on any atom is 0.407 e. The van der Waals surface area contributed by atoms with Crippen molar-refractivity contribution < 1.29 is 9.53 Å². The largest absolute Gasteiger partial charge is 0.444 e. The summed E-state index contributed by atoms with van der Waals surface area (Å²) in [6, 6.07) is 3.25. The molecule has 1 aromatic rings. The number of hydrogen-bond acceptors (Lipinski definition) is 4. The molecule has 6 heteroatoms. The first-order chi connectivity index (χ1) is 9.28. The fourth-order valence-electron chi connectivity index (χ4n) is 1.52. The van der Waals surface area contributed by atoms with Crippen LogP contribution >= 0.6 is 0 Å². The van der Waals surface area contributed by atoms with Gasteiger partial charge in [0.25, 0.3) is 0 Å². The van der Waals surface area contributed by atoms with Crippen molar-refractivity contribution in [2.45, 2.75) is 32.8 Å². The van der Waals surface area contributed by atoms with Crippen LogP contribution in [0.2, 0.25) is 0 Å². The van der Waals surface area contributed by atoms with Gasteiger partial charge in [0.2, 0.25) is 5.56 Å². The third kappa shape index (κ3) is 6.26. The smallest absolute Gasteiger partial charge is 0.407 e. The molecule has 0 spiro atoms. The maximum absolute atomic E-state index is 11.4. The fourth-order valence-corrected chi connectivity index (χ4v) is 1.52. The number of nitrogens with zero attached hydrogens (tertiary/aromatic N) is 1. The molecule has 112 valence electrons. The number of aromatic nitrogens is 1. The molecule has 0 saturated carbocycles. The molecule has 20 heavy (non-hydrogen) atoms. The predicted molar refractivity (Wildman–Crippen MR) is 79.0 cm³/mol. The first-order valence-electron chi connectivity index (χ1n) is 6.65. The van der Waals surface area contributed by atoms with Gasteiger partial charge in [-0.15, -0.1) is 0 Å². The average molecular weight is 281 g/mol. The van der Waals surface area contributed by atoms with Crippen molar-refractivity contribution in [2.75, 3.05) is 18.4 Å². The molecule has 0 aromatic carbocycles. The van der Waals surface area contributed by atoms with Crippen LogP contribution in [0.25, 0.3) is 0 Å². The molecule has 1 rings (SSSR count). The maximum atomic E-state index is 11.4. The summed E-state index contributed by atoms with van der Waals surface area (Å²) in [4.78, 5) is 22.6. The monoisotopic (exact) mass is 281 g/mol. The van der Waals surface area contributed by atoms with E-state index in [1.807, 2.05) is 20.8 Å². The van der Waals surface area contributed by atoms with Crippen molar-refractivity contribution in [3.8, 4) is 0 Å². The Morgan fingerprint density at radius 3 is 2.60 bits per heavy atom. The lowest BCUT2D eigenvalue weighted by atomic mass is 10.2. The summed E-state index contributed by atoms with van der Waals surface area (Å²) in [7, 11) is 1.71. The van der Waals surface area contributed by atoms with Crippen LogP contribution < -0.4 is 16.2 Å². The SMILES string of the molecule is Cn1cc(NCCCNC(=O)OC(C)(C)C)ccc1=O.